The van der Waals surface area contributed by atoms with Crippen molar-refractivity contribution in [3.8, 4) is 0 Å². The molecular weight excluding hydrogens is 208 g/mol. The molecule has 0 heterocycles. The Labute approximate surface area is 95.9 Å². The zero-order valence-electron chi connectivity index (χ0n) is 9.38. The standard InChI is InChI=1S/C12H20O4/c13-10-6-5-8-11(14)7-3-1-2-4-9-12(15)16/h1-2,4,9,11,13-14H,3,5-8,10H2,(H,15,16)/b2-1+,9-4+/t11-/m1/s1. The quantitative estimate of drug-likeness (QED) is 0.317. The van der Waals surface area contributed by atoms with Crippen LogP contribution >= 0.6 is 0 Å². The summed E-state index contributed by atoms with van der Waals surface area (Å²) >= 11 is 0. The summed E-state index contributed by atoms with van der Waals surface area (Å²) in [5, 5.41) is 26.3. The van der Waals surface area contributed by atoms with Crippen LogP contribution in [-0.4, -0.2) is 34.0 Å². The number of aliphatic carboxylic acids is 1. The van der Waals surface area contributed by atoms with Crippen LogP contribution in [0.3, 0.4) is 0 Å². The van der Waals surface area contributed by atoms with Crippen molar-refractivity contribution in [3.05, 3.63) is 24.3 Å². The molecule has 0 saturated carbocycles. The van der Waals surface area contributed by atoms with Crippen LogP contribution in [0, 0.1) is 0 Å². The summed E-state index contributed by atoms with van der Waals surface area (Å²) < 4.78 is 0. The van der Waals surface area contributed by atoms with E-state index in [9.17, 15) is 9.90 Å². The summed E-state index contributed by atoms with van der Waals surface area (Å²) in [6.07, 6.45) is 9.35. The molecular formula is C12H20O4. The van der Waals surface area contributed by atoms with E-state index >= 15 is 0 Å². The van der Waals surface area contributed by atoms with Crippen LogP contribution in [0.5, 0.6) is 0 Å². The maximum absolute atomic E-state index is 10.1. The molecule has 0 aliphatic carbocycles. The Morgan fingerprint density at radius 2 is 1.94 bits per heavy atom. The van der Waals surface area contributed by atoms with Crippen LogP contribution in [0.2, 0.25) is 0 Å². The van der Waals surface area contributed by atoms with Gasteiger partial charge in [0.15, 0.2) is 0 Å². The second-order valence-corrected chi connectivity index (χ2v) is 3.58. The van der Waals surface area contributed by atoms with Gasteiger partial charge in [0.25, 0.3) is 0 Å². The number of unbranched alkanes of at least 4 members (excludes halogenated alkanes) is 1. The van der Waals surface area contributed by atoms with Crippen LogP contribution in [0.15, 0.2) is 24.3 Å². The predicted molar refractivity (Wildman–Crippen MR) is 62.1 cm³/mol. The Morgan fingerprint density at radius 3 is 2.56 bits per heavy atom. The van der Waals surface area contributed by atoms with Gasteiger partial charge in [0.05, 0.1) is 6.10 Å². The third-order valence-electron chi connectivity index (χ3n) is 2.10. The van der Waals surface area contributed by atoms with Crippen LogP contribution in [0.4, 0.5) is 0 Å². The minimum Gasteiger partial charge on any atom is -0.478 e. The lowest BCUT2D eigenvalue weighted by atomic mass is 10.1. The van der Waals surface area contributed by atoms with Gasteiger partial charge in [-0.1, -0.05) is 18.2 Å². The van der Waals surface area contributed by atoms with Gasteiger partial charge in [0, 0.05) is 12.7 Å². The summed E-state index contributed by atoms with van der Waals surface area (Å²) in [5.74, 6) is -0.964. The van der Waals surface area contributed by atoms with Crippen molar-refractivity contribution >= 4 is 5.97 Å². The van der Waals surface area contributed by atoms with Crippen molar-refractivity contribution < 1.29 is 20.1 Å². The Balaban J connectivity index is 3.46. The Bertz CT molecular complexity index is 233. The number of allylic oxidation sites excluding steroid dienone is 3. The molecule has 0 bridgehead atoms. The molecule has 0 aromatic heterocycles. The summed E-state index contributed by atoms with van der Waals surface area (Å²) in [4.78, 5) is 10.1. The maximum atomic E-state index is 10.1. The molecule has 0 radical (unpaired) electrons. The third-order valence-corrected chi connectivity index (χ3v) is 2.10. The molecule has 0 aliphatic rings. The Kier molecular flexibility index (Phi) is 9.66. The van der Waals surface area contributed by atoms with E-state index in [-0.39, 0.29) is 12.7 Å². The molecule has 0 amide bonds. The van der Waals surface area contributed by atoms with Gasteiger partial charge in [-0.05, 0) is 32.1 Å². The zero-order valence-corrected chi connectivity index (χ0v) is 9.38. The number of carboxylic acids is 1. The highest BCUT2D eigenvalue weighted by molar-refractivity contribution is 5.80. The molecule has 16 heavy (non-hydrogen) atoms. The summed E-state index contributed by atoms with van der Waals surface area (Å²) in [7, 11) is 0. The first-order valence-corrected chi connectivity index (χ1v) is 5.52. The van der Waals surface area contributed by atoms with Gasteiger partial charge in [-0.25, -0.2) is 4.79 Å². The molecule has 0 rings (SSSR count). The van der Waals surface area contributed by atoms with Gasteiger partial charge < -0.3 is 15.3 Å². The van der Waals surface area contributed by atoms with E-state index < -0.39 is 5.97 Å². The fraction of sp³-hybridized carbons (Fsp3) is 0.583. The summed E-state index contributed by atoms with van der Waals surface area (Å²) in [5.41, 5.74) is 0. The molecule has 0 fully saturated rings. The highest BCUT2D eigenvalue weighted by Crippen LogP contribution is 2.06. The van der Waals surface area contributed by atoms with E-state index in [0.29, 0.717) is 12.8 Å². The monoisotopic (exact) mass is 228 g/mol. The zero-order chi connectivity index (χ0) is 12.2. The van der Waals surface area contributed by atoms with E-state index in [1.807, 2.05) is 6.08 Å². The fourth-order valence-electron chi connectivity index (χ4n) is 1.24. The summed E-state index contributed by atoms with van der Waals surface area (Å²) in [6.45, 7) is 0.173. The minimum absolute atomic E-state index is 0.173. The highest BCUT2D eigenvalue weighted by Gasteiger charge is 2.01. The molecule has 0 unspecified atom stereocenters. The highest BCUT2D eigenvalue weighted by atomic mass is 16.4. The van der Waals surface area contributed by atoms with Gasteiger partial charge in [0.2, 0.25) is 0 Å². The average Bonchev–Trinajstić information content (AvgIpc) is 2.23. The maximum Gasteiger partial charge on any atom is 0.328 e. The topological polar surface area (TPSA) is 77.8 Å². The molecule has 0 aliphatic heterocycles. The van der Waals surface area contributed by atoms with Gasteiger partial charge >= 0.3 is 5.97 Å². The van der Waals surface area contributed by atoms with Crippen molar-refractivity contribution in [2.45, 2.75) is 38.2 Å². The van der Waals surface area contributed by atoms with Crippen molar-refractivity contribution in [2.24, 2.45) is 0 Å². The lowest BCUT2D eigenvalue weighted by molar-refractivity contribution is -0.131. The number of carbonyl (C=O) groups is 1. The number of aliphatic hydroxyl groups is 2. The van der Waals surface area contributed by atoms with Crippen molar-refractivity contribution in [1.82, 2.24) is 0 Å². The van der Waals surface area contributed by atoms with Gasteiger partial charge in [-0.3, -0.25) is 0 Å². The number of aliphatic hydroxyl groups excluding tert-OH is 2. The minimum atomic E-state index is -0.964. The second-order valence-electron chi connectivity index (χ2n) is 3.58. The van der Waals surface area contributed by atoms with Crippen LogP contribution in [-0.2, 0) is 4.79 Å². The summed E-state index contributed by atoms with van der Waals surface area (Å²) in [6, 6.07) is 0. The Morgan fingerprint density at radius 1 is 1.19 bits per heavy atom. The van der Waals surface area contributed by atoms with E-state index in [1.54, 1.807) is 6.08 Å². The first kappa shape index (κ1) is 14.9. The first-order valence-electron chi connectivity index (χ1n) is 5.52. The van der Waals surface area contributed by atoms with Crippen LogP contribution in [0.1, 0.15) is 32.1 Å². The molecule has 4 heteroatoms. The molecule has 4 nitrogen and oxygen atoms in total. The molecule has 0 aromatic carbocycles. The third kappa shape index (κ3) is 10.9. The number of hydrogen-bond donors (Lipinski definition) is 3. The van der Waals surface area contributed by atoms with E-state index in [0.717, 1.165) is 25.3 Å². The molecule has 0 spiro atoms. The van der Waals surface area contributed by atoms with Gasteiger partial charge in [0.1, 0.15) is 0 Å². The molecule has 1 atom stereocenters. The largest absolute Gasteiger partial charge is 0.478 e. The molecule has 92 valence electrons. The average molecular weight is 228 g/mol. The first-order chi connectivity index (χ1) is 7.66. The van der Waals surface area contributed by atoms with E-state index in [2.05, 4.69) is 0 Å². The van der Waals surface area contributed by atoms with Crippen LogP contribution < -0.4 is 0 Å². The number of rotatable bonds is 9. The molecule has 3 N–H and O–H groups in total. The smallest absolute Gasteiger partial charge is 0.328 e. The van der Waals surface area contributed by atoms with Crippen LogP contribution in [0.25, 0.3) is 0 Å². The Hall–Kier alpha value is -1.13. The van der Waals surface area contributed by atoms with Gasteiger partial charge in [-0.15, -0.1) is 0 Å². The molecule has 0 aromatic rings. The predicted octanol–water partition coefficient (Wildman–Crippen LogP) is 1.49. The van der Waals surface area contributed by atoms with E-state index in [4.69, 9.17) is 10.2 Å². The van der Waals surface area contributed by atoms with Crippen molar-refractivity contribution in [1.29, 1.82) is 0 Å². The van der Waals surface area contributed by atoms with Gasteiger partial charge in [-0.2, -0.15) is 0 Å². The SMILES string of the molecule is O=C(O)/C=C/C=C/CC[C@@H](O)CCCCO. The lowest BCUT2D eigenvalue weighted by Crippen LogP contribution is -2.05. The number of carboxylic acid groups (broad SMARTS) is 1. The van der Waals surface area contributed by atoms with E-state index in [1.165, 1.54) is 6.08 Å². The molecule has 0 saturated heterocycles. The number of hydrogen-bond acceptors (Lipinski definition) is 3. The van der Waals surface area contributed by atoms with Crippen molar-refractivity contribution in [2.75, 3.05) is 6.61 Å². The fourth-order valence-corrected chi connectivity index (χ4v) is 1.24. The normalized spacial score (nSPS) is 13.6. The second kappa shape index (κ2) is 10.4. The lowest BCUT2D eigenvalue weighted by Gasteiger charge is -2.07. The van der Waals surface area contributed by atoms with Crippen molar-refractivity contribution in [3.63, 3.8) is 0 Å².